The van der Waals surface area contributed by atoms with Gasteiger partial charge in [-0.15, -0.1) is 16.7 Å². The third-order valence-corrected chi connectivity index (χ3v) is 5.21. The summed E-state index contributed by atoms with van der Waals surface area (Å²) < 4.78 is 0. The van der Waals surface area contributed by atoms with E-state index in [1.807, 2.05) is 60.7 Å². The SMILES string of the molecule is [CH3-].[CH3-].[CH3-].[CH3-].[CH3-].[Y].[Y].[Y].[Y].[Y].[c-]1ccc(C(c2cc[c-]cc2)c2cc[c-]cc2)cc1.[c-]1ccc(Cc2cc[c-]cc2)cc1. The van der Waals surface area contributed by atoms with Crippen molar-refractivity contribution in [1.82, 2.24) is 0 Å². The molecule has 42 heavy (non-hydrogen) atoms. The maximum Gasteiger partial charge on any atom is 0 e. The molecule has 0 aliphatic heterocycles. The Balaban J connectivity index is -0.0000000977. The van der Waals surface area contributed by atoms with E-state index in [1.165, 1.54) is 27.8 Å². The summed E-state index contributed by atoms with van der Waals surface area (Å²) in [4.78, 5) is 0. The molecule has 0 saturated heterocycles. The molecule has 5 heteroatoms. The van der Waals surface area contributed by atoms with Crippen LogP contribution in [0.5, 0.6) is 0 Å². The minimum atomic E-state index is 0. The van der Waals surface area contributed by atoms with Gasteiger partial charge in [0.1, 0.15) is 0 Å². The Labute approximate surface area is 385 Å². The normalized spacial score (nSPS) is 7.83. The van der Waals surface area contributed by atoms with Crippen molar-refractivity contribution in [3.63, 3.8) is 0 Å². The van der Waals surface area contributed by atoms with Gasteiger partial charge < -0.3 is 37.1 Å². The first-order chi connectivity index (χ1) is 15.9. The van der Waals surface area contributed by atoms with E-state index in [1.54, 1.807) is 0 Å². The van der Waals surface area contributed by atoms with Crippen LogP contribution in [0.3, 0.4) is 0 Å². The van der Waals surface area contributed by atoms with Crippen LogP contribution in [0.25, 0.3) is 0 Å². The average molecular weight is 927 g/mol. The molecule has 0 aliphatic carbocycles. The first-order valence-electron chi connectivity index (χ1n) is 10.7. The zero-order valence-corrected chi connectivity index (χ0v) is 39.9. The van der Waals surface area contributed by atoms with Gasteiger partial charge in [0.05, 0.1) is 0 Å². The van der Waals surface area contributed by atoms with Crippen LogP contribution in [0.1, 0.15) is 33.7 Å². The standard InChI is InChI=1S/C19H13.C13H10.5CH3.5Y/c1-4-10-16(11-5-1)19(17-12-6-2-7-13-17)18-14-8-3-9-15-18;1-3-7-12(8-4-1)11-13-9-5-2-6-10-13;;;;;;;;;;/h4-15,19H;3-10H,11H2;5*1H3;;;;;/q-3;-2;5*-1;;;;;. The van der Waals surface area contributed by atoms with E-state index in [9.17, 15) is 0 Å². The Kier molecular flexibility index (Phi) is 49.9. The summed E-state index contributed by atoms with van der Waals surface area (Å²) in [7, 11) is 0. The van der Waals surface area contributed by atoms with Crippen LogP contribution < -0.4 is 0 Å². The molecule has 0 bridgehead atoms. The number of hydrogen-bond donors (Lipinski definition) is 0. The fourth-order valence-corrected chi connectivity index (χ4v) is 3.67. The molecule has 0 spiro atoms. The van der Waals surface area contributed by atoms with Crippen molar-refractivity contribution in [3.05, 3.63) is 217 Å². The summed E-state index contributed by atoms with van der Waals surface area (Å²) in [5.74, 6) is 0.249. The molecule has 0 heterocycles. The maximum atomic E-state index is 3.08. The van der Waals surface area contributed by atoms with Crippen LogP contribution >= 0.6 is 0 Å². The van der Waals surface area contributed by atoms with Gasteiger partial charge in [-0.05, 0) is 12.3 Å². The van der Waals surface area contributed by atoms with E-state index in [2.05, 4.69) is 91.0 Å². The quantitative estimate of drug-likeness (QED) is 0.122. The van der Waals surface area contributed by atoms with Crippen LogP contribution in [0.4, 0.5) is 0 Å². The molecule has 5 aromatic rings. The Morgan fingerprint density at radius 2 is 0.524 bits per heavy atom. The molecule has 5 radical (unpaired) electrons. The topological polar surface area (TPSA) is 0 Å². The molecule has 0 N–H and O–H groups in total. The van der Waals surface area contributed by atoms with Crippen LogP contribution in [0, 0.1) is 67.5 Å². The predicted octanol–water partition coefficient (Wildman–Crippen LogP) is 9.38. The molecule has 211 valence electrons. The Morgan fingerprint density at radius 1 is 0.333 bits per heavy atom. The van der Waals surface area contributed by atoms with Crippen LogP contribution in [0.15, 0.2) is 121 Å². The third-order valence-electron chi connectivity index (χ3n) is 5.21. The minimum absolute atomic E-state index is 0. The van der Waals surface area contributed by atoms with E-state index in [4.69, 9.17) is 0 Å². The second-order valence-corrected chi connectivity index (χ2v) is 7.43. The summed E-state index contributed by atoms with van der Waals surface area (Å²) in [5.41, 5.74) is 6.47. The predicted molar refractivity (Wildman–Crippen MR) is 162 cm³/mol. The van der Waals surface area contributed by atoms with Gasteiger partial charge in [0.15, 0.2) is 0 Å². The monoisotopic (exact) mass is 927 g/mol. The van der Waals surface area contributed by atoms with Crippen LogP contribution in [-0.4, -0.2) is 0 Å². The first kappa shape index (κ1) is 59.1. The van der Waals surface area contributed by atoms with E-state index >= 15 is 0 Å². The molecule has 5 rings (SSSR count). The van der Waals surface area contributed by atoms with Crippen molar-refractivity contribution in [2.24, 2.45) is 0 Å². The van der Waals surface area contributed by atoms with Crippen molar-refractivity contribution in [2.75, 3.05) is 0 Å². The molecule has 0 atom stereocenters. The van der Waals surface area contributed by atoms with E-state index in [-0.39, 0.29) is 207 Å². The molecule has 0 fully saturated rings. The molecule has 0 nitrogen and oxygen atoms in total. The molecular weight excluding hydrogens is 889 g/mol. The van der Waals surface area contributed by atoms with Gasteiger partial charge in [0.2, 0.25) is 0 Å². The first-order valence-corrected chi connectivity index (χ1v) is 10.7. The summed E-state index contributed by atoms with van der Waals surface area (Å²) in [6, 6.07) is 56.0. The van der Waals surface area contributed by atoms with Crippen molar-refractivity contribution in [2.45, 2.75) is 12.3 Å². The molecule has 0 saturated carbocycles. The van der Waals surface area contributed by atoms with E-state index in [0.29, 0.717) is 0 Å². The fraction of sp³-hybridized carbons (Fsp3) is 0.0541. The zero-order valence-electron chi connectivity index (χ0n) is 25.7. The Bertz CT molecular complexity index is 1040. The summed E-state index contributed by atoms with van der Waals surface area (Å²) in [6.07, 6.45) is 0.989. The number of benzene rings is 5. The van der Waals surface area contributed by atoms with Gasteiger partial charge in [-0.2, -0.15) is 163 Å². The molecule has 0 aromatic heterocycles. The molecule has 0 unspecified atom stereocenters. The molecular formula is C37H38Y5-10. The summed E-state index contributed by atoms with van der Waals surface area (Å²) in [5, 5.41) is 0. The second kappa shape index (κ2) is 35.5. The fourth-order valence-electron chi connectivity index (χ4n) is 3.67. The summed E-state index contributed by atoms with van der Waals surface area (Å²) in [6.45, 7) is 0. The van der Waals surface area contributed by atoms with Crippen LogP contribution in [0.2, 0.25) is 0 Å². The molecule has 5 aromatic carbocycles. The second-order valence-electron chi connectivity index (χ2n) is 7.43. The third kappa shape index (κ3) is 20.7. The van der Waals surface area contributed by atoms with E-state index in [0.717, 1.165) is 6.42 Å². The molecule has 0 aliphatic rings. The number of rotatable bonds is 5. The van der Waals surface area contributed by atoms with Crippen LogP contribution in [-0.2, 0) is 170 Å². The zero-order chi connectivity index (χ0) is 21.8. The smallest absolute Gasteiger partial charge is 0 e. The summed E-state index contributed by atoms with van der Waals surface area (Å²) >= 11 is 0. The maximum absolute atomic E-state index is 3.08. The van der Waals surface area contributed by atoms with Crippen molar-refractivity contribution >= 4 is 0 Å². The van der Waals surface area contributed by atoms with Gasteiger partial charge in [0.25, 0.3) is 0 Å². The van der Waals surface area contributed by atoms with E-state index < -0.39 is 0 Å². The Hall–Kier alpha value is 1.62. The van der Waals surface area contributed by atoms with Gasteiger partial charge in [0, 0.05) is 164 Å². The van der Waals surface area contributed by atoms with Crippen molar-refractivity contribution < 1.29 is 164 Å². The average Bonchev–Trinajstić information content (AvgIpc) is 2.88. The number of hydrogen-bond acceptors (Lipinski definition) is 0. The minimum Gasteiger partial charge on any atom is -0.358 e. The Morgan fingerprint density at radius 3 is 0.738 bits per heavy atom. The van der Waals surface area contributed by atoms with Gasteiger partial charge in [-0.3, -0.25) is 0 Å². The van der Waals surface area contributed by atoms with Gasteiger partial charge in [-0.25, -0.2) is 0 Å². The molecule has 0 amide bonds. The van der Waals surface area contributed by atoms with Gasteiger partial charge >= 0.3 is 0 Å². The van der Waals surface area contributed by atoms with Crippen molar-refractivity contribution in [3.8, 4) is 0 Å². The largest absolute Gasteiger partial charge is 0.358 e. The van der Waals surface area contributed by atoms with Gasteiger partial charge in [-0.1, -0.05) is 0 Å². The van der Waals surface area contributed by atoms with Crippen molar-refractivity contribution in [1.29, 1.82) is 0 Å².